The van der Waals surface area contributed by atoms with Gasteiger partial charge in [-0.1, -0.05) is 50.0 Å². The maximum Gasteiger partial charge on any atom is 0.00506 e. The van der Waals surface area contributed by atoms with Crippen LogP contribution in [0.1, 0.15) is 77.0 Å². The van der Waals surface area contributed by atoms with E-state index in [-0.39, 0.29) is 16.8 Å². The first kappa shape index (κ1) is 17.8. The summed E-state index contributed by atoms with van der Waals surface area (Å²) in [5.74, 6) is 0. The van der Waals surface area contributed by atoms with Crippen molar-refractivity contribution in [2.24, 2.45) is 0 Å². The molecule has 4 aliphatic carbocycles. The van der Waals surface area contributed by atoms with E-state index in [1.807, 2.05) is 53.0 Å². The van der Waals surface area contributed by atoms with Crippen LogP contribution in [0.5, 0.6) is 0 Å². The minimum atomic E-state index is 0. The summed E-state index contributed by atoms with van der Waals surface area (Å²) in [6.45, 7) is 0. The molecule has 0 bridgehead atoms. The average Bonchev–Trinajstić information content (AvgIpc) is 3.02. The second-order valence-electron chi connectivity index (χ2n) is 6.70. The van der Waals surface area contributed by atoms with E-state index in [2.05, 4.69) is 0 Å². The minimum Gasteiger partial charge on any atom is -0.0767 e. The fourth-order valence-electron chi connectivity index (χ4n) is 4.11. The van der Waals surface area contributed by atoms with Crippen LogP contribution in [-0.4, -0.2) is 0 Å². The third-order valence-corrected chi connectivity index (χ3v) is 5.22. The molecule has 0 N–H and O–H groups in total. The zero-order chi connectivity index (χ0) is 14.3. The van der Waals surface area contributed by atoms with Crippen molar-refractivity contribution < 1.29 is 16.8 Å². The molecule has 1 heteroatoms. The Morgan fingerprint density at radius 3 is 0.955 bits per heavy atom. The van der Waals surface area contributed by atoms with Gasteiger partial charge in [-0.3, -0.25) is 0 Å². The van der Waals surface area contributed by atoms with Crippen molar-refractivity contribution in [3.05, 3.63) is 53.0 Å². The quantitative estimate of drug-likeness (QED) is 0.465. The van der Waals surface area contributed by atoms with E-state index in [0.717, 1.165) is 0 Å². The smallest absolute Gasteiger partial charge is 0.00506 e. The summed E-state index contributed by atoms with van der Waals surface area (Å²) in [5, 5.41) is 0. The molecular formula is C21H29Co. The van der Waals surface area contributed by atoms with Crippen molar-refractivity contribution >= 4 is 0 Å². The molecule has 122 valence electrons. The topological polar surface area (TPSA) is 0 Å². The summed E-state index contributed by atoms with van der Waals surface area (Å²) >= 11 is 0. The van der Waals surface area contributed by atoms with Gasteiger partial charge >= 0.3 is 0 Å². The Labute approximate surface area is 147 Å². The van der Waals surface area contributed by atoms with Crippen LogP contribution in [0.15, 0.2) is 46.6 Å². The molecule has 0 amide bonds. The normalized spacial score (nSPS) is 23.6. The number of hydrogen-bond acceptors (Lipinski definition) is 0. The van der Waals surface area contributed by atoms with E-state index in [1.165, 1.54) is 77.0 Å². The Balaban J connectivity index is 0.000000253. The molecule has 2 radical (unpaired) electrons. The van der Waals surface area contributed by atoms with Crippen LogP contribution in [0.3, 0.4) is 0 Å². The van der Waals surface area contributed by atoms with E-state index in [0.29, 0.717) is 0 Å². The van der Waals surface area contributed by atoms with E-state index >= 15 is 0 Å². The van der Waals surface area contributed by atoms with E-state index in [1.54, 1.807) is 0 Å². The van der Waals surface area contributed by atoms with Gasteiger partial charge in [0.25, 0.3) is 0 Å². The molecule has 0 heterocycles. The molecule has 0 atom stereocenters. The van der Waals surface area contributed by atoms with Crippen LogP contribution >= 0.6 is 0 Å². The monoisotopic (exact) mass is 340 g/mol. The van der Waals surface area contributed by atoms with Crippen LogP contribution in [0, 0.1) is 6.42 Å². The van der Waals surface area contributed by atoms with Gasteiger partial charge < -0.3 is 0 Å². The Kier molecular flexibility index (Phi) is 7.75. The van der Waals surface area contributed by atoms with Gasteiger partial charge in [-0.05, 0) is 73.7 Å². The van der Waals surface area contributed by atoms with Crippen molar-refractivity contribution in [2.45, 2.75) is 77.0 Å². The Bertz CT molecular complexity index is 389. The number of allylic oxidation sites excluding steroid dienone is 8. The third-order valence-electron chi connectivity index (χ3n) is 5.22. The first-order valence-electron chi connectivity index (χ1n) is 9.08. The van der Waals surface area contributed by atoms with Gasteiger partial charge in [-0.2, -0.15) is 0 Å². The van der Waals surface area contributed by atoms with Gasteiger partial charge in [-0.15, -0.1) is 0 Å². The minimum absolute atomic E-state index is 0. The maximum atomic E-state index is 2.00. The largest absolute Gasteiger partial charge is 0.0767 e. The summed E-state index contributed by atoms with van der Waals surface area (Å²) in [4.78, 5) is 0. The van der Waals surface area contributed by atoms with Crippen molar-refractivity contribution in [1.82, 2.24) is 0 Å². The van der Waals surface area contributed by atoms with Gasteiger partial charge in [0.05, 0.1) is 0 Å². The SMILES string of the molecule is C1CCCC2=C(CC1)C1=C2CCCCCC1.[CH]1C=CC=C1.[Co]. The third kappa shape index (κ3) is 4.49. The van der Waals surface area contributed by atoms with Crippen LogP contribution in [0.2, 0.25) is 0 Å². The second-order valence-corrected chi connectivity index (χ2v) is 6.70. The molecule has 0 fully saturated rings. The van der Waals surface area contributed by atoms with Crippen molar-refractivity contribution in [3.63, 3.8) is 0 Å². The van der Waals surface area contributed by atoms with E-state index < -0.39 is 0 Å². The summed E-state index contributed by atoms with van der Waals surface area (Å²) in [6.07, 6.45) is 27.3. The molecular weight excluding hydrogens is 311 g/mol. The Hall–Kier alpha value is -0.534. The van der Waals surface area contributed by atoms with Gasteiger partial charge in [0.1, 0.15) is 0 Å². The summed E-state index contributed by atoms with van der Waals surface area (Å²) < 4.78 is 0. The molecule has 0 aliphatic heterocycles. The molecule has 0 aromatic rings. The second kappa shape index (κ2) is 9.57. The zero-order valence-corrected chi connectivity index (χ0v) is 14.7. The van der Waals surface area contributed by atoms with Crippen molar-refractivity contribution in [2.75, 3.05) is 0 Å². The molecule has 0 aromatic carbocycles. The molecule has 0 aromatic heterocycles. The predicted molar refractivity (Wildman–Crippen MR) is 92.0 cm³/mol. The summed E-state index contributed by atoms with van der Waals surface area (Å²) in [6, 6.07) is 0. The maximum absolute atomic E-state index is 2.00. The fourth-order valence-corrected chi connectivity index (χ4v) is 4.11. The number of fused-ring (bicyclic) bond motifs is 2. The van der Waals surface area contributed by atoms with E-state index in [4.69, 9.17) is 0 Å². The van der Waals surface area contributed by atoms with Crippen LogP contribution in [-0.2, 0) is 16.8 Å². The molecule has 0 nitrogen and oxygen atoms in total. The number of hydrogen-bond donors (Lipinski definition) is 0. The Morgan fingerprint density at radius 2 is 0.727 bits per heavy atom. The van der Waals surface area contributed by atoms with Gasteiger partial charge in [0.2, 0.25) is 0 Å². The van der Waals surface area contributed by atoms with Crippen LogP contribution < -0.4 is 0 Å². The molecule has 22 heavy (non-hydrogen) atoms. The summed E-state index contributed by atoms with van der Waals surface area (Å²) in [5.41, 5.74) is 7.32. The molecule has 4 aliphatic rings. The van der Waals surface area contributed by atoms with E-state index in [9.17, 15) is 0 Å². The predicted octanol–water partition coefficient (Wildman–Crippen LogP) is 6.62. The molecule has 0 saturated heterocycles. The van der Waals surface area contributed by atoms with Crippen molar-refractivity contribution in [1.29, 1.82) is 0 Å². The van der Waals surface area contributed by atoms with Crippen LogP contribution in [0.25, 0.3) is 0 Å². The number of rotatable bonds is 0. The zero-order valence-electron chi connectivity index (χ0n) is 13.7. The molecule has 0 saturated carbocycles. The average molecular weight is 340 g/mol. The first-order valence-corrected chi connectivity index (χ1v) is 9.08. The van der Waals surface area contributed by atoms with Gasteiger partial charge in [0.15, 0.2) is 0 Å². The standard InChI is InChI=1S/C16H24.C5H5.Co/c1-2-6-10-14-13(9-5-1)15-11-7-3-4-8-12-16(14)15;1-2-4-5-3-1;/h1-12H2;1-5H;. The molecule has 0 spiro atoms. The summed E-state index contributed by atoms with van der Waals surface area (Å²) in [7, 11) is 0. The molecule has 4 rings (SSSR count). The van der Waals surface area contributed by atoms with Gasteiger partial charge in [0, 0.05) is 23.2 Å². The van der Waals surface area contributed by atoms with Crippen molar-refractivity contribution in [3.8, 4) is 0 Å². The van der Waals surface area contributed by atoms with Crippen LogP contribution in [0.4, 0.5) is 0 Å². The first-order chi connectivity index (χ1) is 10.5. The molecule has 0 unspecified atom stereocenters. The van der Waals surface area contributed by atoms with Gasteiger partial charge in [-0.25, -0.2) is 0 Å². The fraction of sp³-hybridized carbons (Fsp3) is 0.571. The Morgan fingerprint density at radius 1 is 0.409 bits per heavy atom.